The van der Waals surface area contributed by atoms with Crippen molar-refractivity contribution in [2.75, 3.05) is 13.1 Å². The van der Waals surface area contributed by atoms with Crippen molar-refractivity contribution in [3.8, 4) is 0 Å². The largest absolute Gasteiger partial charge is 0.367 e. The maximum atomic E-state index is 12.0. The van der Waals surface area contributed by atoms with Gasteiger partial charge in [0.2, 0.25) is 0 Å². The third kappa shape index (κ3) is 3.58. The number of carbonyl (C=O) groups excluding carboxylic acids is 1. The van der Waals surface area contributed by atoms with E-state index in [1.807, 2.05) is 39.0 Å². The molecule has 1 aromatic carbocycles. The fourth-order valence-electron chi connectivity index (χ4n) is 2.33. The van der Waals surface area contributed by atoms with Gasteiger partial charge in [-0.1, -0.05) is 30.3 Å². The Kier molecular flexibility index (Phi) is 4.45. The molecule has 1 heterocycles. The third-order valence-electron chi connectivity index (χ3n) is 3.68. The molecule has 1 aliphatic heterocycles. The Labute approximate surface area is 120 Å². The minimum absolute atomic E-state index is 0.113. The Bertz CT molecular complexity index is 453. The summed E-state index contributed by atoms with van der Waals surface area (Å²) in [6, 6.07) is 10.3. The van der Waals surface area contributed by atoms with E-state index in [1.54, 1.807) is 5.06 Å². The van der Waals surface area contributed by atoms with E-state index in [0.717, 1.165) is 6.42 Å². The summed E-state index contributed by atoms with van der Waals surface area (Å²) >= 11 is 0. The van der Waals surface area contributed by atoms with Crippen molar-refractivity contribution in [3.63, 3.8) is 0 Å². The highest BCUT2D eigenvalue weighted by Crippen LogP contribution is 2.27. The minimum Gasteiger partial charge on any atom is -0.367 e. The molecule has 1 fully saturated rings. The summed E-state index contributed by atoms with van der Waals surface area (Å²) in [5, 5.41) is 1.76. The van der Waals surface area contributed by atoms with Gasteiger partial charge in [0.05, 0.1) is 5.41 Å². The molecule has 1 aromatic rings. The highest BCUT2D eigenvalue weighted by Gasteiger charge is 2.32. The van der Waals surface area contributed by atoms with Crippen molar-refractivity contribution in [1.29, 1.82) is 0 Å². The monoisotopic (exact) mass is 276 g/mol. The molecule has 0 saturated carbocycles. The van der Waals surface area contributed by atoms with Gasteiger partial charge in [-0.2, -0.15) is 0 Å². The average Bonchev–Trinajstić information content (AvgIpc) is 2.41. The number of rotatable bonds is 2. The van der Waals surface area contributed by atoms with Crippen molar-refractivity contribution in [2.24, 2.45) is 11.1 Å². The SMILES string of the molecule is CC(C)(C)C(=O)ON1CCC(N)C(c2ccccc2)C1. The number of benzene rings is 1. The van der Waals surface area contributed by atoms with Crippen molar-refractivity contribution in [2.45, 2.75) is 39.2 Å². The first-order valence-electron chi connectivity index (χ1n) is 7.16. The molecule has 2 atom stereocenters. The van der Waals surface area contributed by atoms with E-state index in [4.69, 9.17) is 10.6 Å². The number of hydrogen-bond acceptors (Lipinski definition) is 4. The highest BCUT2D eigenvalue weighted by atomic mass is 16.7. The number of carbonyl (C=O) groups is 1. The molecule has 0 aromatic heterocycles. The van der Waals surface area contributed by atoms with Crippen LogP contribution in [0, 0.1) is 5.41 Å². The third-order valence-corrected chi connectivity index (χ3v) is 3.68. The predicted octanol–water partition coefficient (Wildman–Crippen LogP) is 2.31. The highest BCUT2D eigenvalue weighted by molar-refractivity contribution is 5.75. The lowest BCUT2D eigenvalue weighted by atomic mass is 9.87. The number of nitrogens with zero attached hydrogens (tertiary/aromatic N) is 1. The van der Waals surface area contributed by atoms with Gasteiger partial charge in [0, 0.05) is 25.0 Å². The van der Waals surface area contributed by atoms with Gasteiger partial charge in [-0.25, -0.2) is 4.79 Å². The van der Waals surface area contributed by atoms with Crippen LogP contribution in [0.4, 0.5) is 0 Å². The molecule has 4 nitrogen and oxygen atoms in total. The first kappa shape index (κ1) is 15.0. The molecule has 0 aliphatic carbocycles. The maximum absolute atomic E-state index is 12.0. The molecular formula is C16H24N2O2. The quantitative estimate of drug-likeness (QED) is 0.900. The van der Waals surface area contributed by atoms with Crippen LogP contribution in [-0.2, 0) is 9.63 Å². The fourth-order valence-corrected chi connectivity index (χ4v) is 2.33. The van der Waals surface area contributed by atoms with Gasteiger partial charge >= 0.3 is 5.97 Å². The normalized spacial score (nSPS) is 24.4. The molecule has 0 radical (unpaired) electrons. The van der Waals surface area contributed by atoms with E-state index in [2.05, 4.69) is 12.1 Å². The summed E-state index contributed by atoms with van der Waals surface area (Å²) in [4.78, 5) is 17.5. The van der Waals surface area contributed by atoms with Gasteiger partial charge in [0.1, 0.15) is 0 Å². The van der Waals surface area contributed by atoms with Crippen molar-refractivity contribution in [3.05, 3.63) is 35.9 Å². The predicted molar refractivity (Wildman–Crippen MR) is 78.9 cm³/mol. The van der Waals surface area contributed by atoms with E-state index in [-0.39, 0.29) is 17.9 Å². The number of hydroxylamine groups is 2. The zero-order valence-electron chi connectivity index (χ0n) is 12.5. The number of nitrogens with two attached hydrogens (primary N) is 1. The van der Waals surface area contributed by atoms with Crippen LogP contribution >= 0.6 is 0 Å². The van der Waals surface area contributed by atoms with E-state index in [0.29, 0.717) is 13.1 Å². The second kappa shape index (κ2) is 5.94. The standard InChI is InChI=1S/C16H24N2O2/c1-16(2,3)15(19)20-18-10-9-14(17)13(11-18)12-7-5-4-6-8-12/h4-8,13-14H,9-11,17H2,1-3H3. The Hall–Kier alpha value is -1.39. The van der Waals surface area contributed by atoms with Crippen LogP contribution in [0.15, 0.2) is 30.3 Å². The molecule has 4 heteroatoms. The van der Waals surface area contributed by atoms with Gasteiger partial charge in [-0.15, -0.1) is 5.06 Å². The van der Waals surface area contributed by atoms with Crippen LogP contribution in [0.2, 0.25) is 0 Å². The lowest BCUT2D eigenvalue weighted by Gasteiger charge is -2.36. The summed E-state index contributed by atoms with van der Waals surface area (Å²) in [6.45, 7) is 6.94. The van der Waals surface area contributed by atoms with Crippen molar-refractivity contribution in [1.82, 2.24) is 5.06 Å². The summed E-state index contributed by atoms with van der Waals surface area (Å²) in [5.74, 6) is 0.0116. The van der Waals surface area contributed by atoms with Gasteiger partial charge in [0.15, 0.2) is 0 Å². The Morgan fingerprint density at radius 1 is 1.30 bits per heavy atom. The summed E-state index contributed by atoms with van der Waals surface area (Å²) in [7, 11) is 0. The molecule has 0 bridgehead atoms. The summed E-state index contributed by atoms with van der Waals surface area (Å²) < 4.78 is 0. The van der Waals surface area contributed by atoms with Crippen LogP contribution < -0.4 is 5.73 Å². The molecule has 0 spiro atoms. The van der Waals surface area contributed by atoms with E-state index >= 15 is 0 Å². The molecule has 20 heavy (non-hydrogen) atoms. The molecular weight excluding hydrogens is 252 g/mol. The first-order chi connectivity index (χ1) is 9.38. The minimum atomic E-state index is -0.484. The molecule has 2 unspecified atom stereocenters. The van der Waals surface area contributed by atoms with E-state index in [9.17, 15) is 4.79 Å². The van der Waals surface area contributed by atoms with Crippen molar-refractivity contribution < 1.29 is 9.63 Å². The second-order valence-electron chi connectivity index (χ2n) is 6.49. The fraction of sp³-hybridized carbons (Fsp3) is 0.562. The zero-order chi connectivity index (χ0) is 14.8. The number of hydrogen-bond donors (Lipinski definition) is 1. The number of piperidine rings is 1. The van der Waals surface area contributed by atoms with Crippen molar-refractivity contribution >= 4 is 5.97 Å². The maximum Gasteiger partial charge on any atom is 0.330 e. The van der Waals surface area contributed by atoms with Gasteiger partial charge in [-0.05, 0) is 32.8 Å². The molecule has 0 amide bonds. The zero-order valence-corrected chi connectivity index (χ0v) is 12.5. The Morgan fingerprint density at radius 3 is 2.55 bits per heavy atom. The summed E-state index contributed by atoms with van der Waals surface area (Å²) in [5.41, 5.74) is 6.94. The smallest absolute Gasteiger partial charge is 0.330 e. The van der Waals surface area contributed by atoms with Crippen LogP contribution in [0.5, 0.6) is 0 Å². The average molecular weight is 276 g/mol. The Balaban J connectivity index is 2.04. The molecule has 2 rings (SSSR count). The first-order valence-corrected chi connectivity index (χ1v) is 7.16. The second-order valence-corrected chi connectivity index (χ2v) is 6.49. The van der Waals surface area contributed by atoms with Gasteiger partial charge in [0.25, 0.3) is 0 Å². The lowest BCUT2D eigenvalue weighted by Crippen LogP contribution is -2.47. The molecule has 2 N–H and O–H groups in total. The van der Waals surface area contributed by atoms with Crippen LogP contribution in [-0.4, -0.2) is 30.2 Å². The van der Waals surface area contributed by atoms with Gasteiger partial charge in [-0.3, -0.25) is 0 Å². The molecule has 110 valence electrons. The summed E-state index contributed by atoms with van der Waals surface area (Å²) in [6.07, 6.45) is 0.830. The van der Waals surface area contributed by atoms with E-state index < -0.39 is 5.41 Å². The Morgan fingerprint density at radius 2 is 1.95 bits per heavy atom. The molecule has 1 aliphatic rings. The van der Waals surface area contributed by atoms with E-state index in [1.165, 1.54) is 5.56 Å². The van der Waals surface area contributed by atoms with Gasteiger partial charge < -0.3 is 10.6 Å². The molecule has 1 saturated heterocycles. The van der Waals surface area contributed by atoms with Crippen LogP contribution in [0.1, 0.15) is 38.7 Å². The lowest BCUT2D eigenvalue weighted by molar-refractivity contribution is -0.206. The topological polar surface area (TPSA) is 55.6 Å². The van der Waals surface area contributed by atoms with Crippen LogP contribution in [0.25, 0.3) is 0 Å². The van der Waals surface area contributed by atoms with Crippen LogP contribution in [0.3, 0.4) is 0 Å².